The van der Waals surface area contributed by atoms with Gasteiger partial charge < -0.3 is 33.3 Å². The Labute approximate surface area is 401 Å². The highest BCUT2D eigenvalue weighted by Crippen LogP contribution is 2.58. The number of esters is 1. The Kier molecular flexibility index (Phi) is 16.7. The number of Topliss-reactive ketones (excluding diaryl/α,β-unsaturated/α-hetero) is 1. The second-order valence-corrected chi connectivity index (χ2v) is 32.0. The molecule has 3 aliphatic rings. The van der Waals surface area contributed by atoms with Gasteiger partial charge in [0.05, 0.1) is 48.5 Å². The number of carbonyl (C=O) groups excluding carboxylic acids is 5. The monoisotopic (exact) mass is 963 g/mol. The largest absolute Gasteiger partial charge is 0.540 e. The molecule has 3 heterocycles. The Bertz CT molecular complexity index is 2120. The lowest BCUT2D eigenvalue weighted by Gasteiger charge is -2.44. The van der Waals surface area contributed by atoms with Crippen LogP contribution < -0.4 is 19.4 Å². The summed E-state index contributed by atoms with van der Waals surface area (Å²) in [5.74, 6) is -1.25. The molecule has 16 heteroatoms. The molecular formula is C51H78N4O10Si2. The van der Waals surface area contributed by atoms with Gasteiger partial charge in [-0.05, 0) is 90.0 Å². The lowest BCUT2D eigenvalue weighted by molar-refractivity contribution is -0.146. The van der Waals surface area contributed by atoms with Crippen LogP contribution in [0.4, 0.5) is 10.5 Å². The van der Waals surface area contributed by atoms with Crippen molar-refractivity contribution in [2.45, 2.75) is 175 Å². The standard InChI is InChI=1S/C51H78N4O10Si2/c1-17-22-62-45(57)25-38(31(2)3)46(58)53-35(10)42(56)23-36-18-19-37(52-28-36)29-63-49(60)55-40-26-44(64-67(32(4)5,33(6)7)34(8)9)43(61-14)24-39(40)47(59)54-30-51(20-21-51)27-41(54)48(55)65-66(15,16)50(11,12)13/h17-19,24,26,28,31-35,38,41,48H,1,20-23,25,27,29-30H2,2-16H3,(H,53,58)/t35-,38-,41-,48?/m0/s1. The summed E-state index contributed by atoms with van der Waals surface area (Å²) in [6.07, 6.45) is 4.08. The third kappa shape index (κ3) is 11.7. The maximum absolute atomic E-state index is 15.1. The van der Waals surface area contributed by atoms with E-state index < -0.39 is 58.8 Å². The van der Waals surface area contributed by atoms with Crippen LogP contribution in [0, 0.1) is 17.3 Å². The summed E-state index contributed by atoms with van der Waals surface area (Å²) in [4.78, 5) is 76.8. The van der Waals surface area contributed by atoms with Gasteiger partial charge in [0.1, 0.15) is 19.0 Å². The first-order chi connectivity index (χ1) is 31.2. The molecule has 1 saturated heterocycles. The highest BCUT2D eigenvalue weighted by Gasteiger charge is 2.60. The van der Waals surface area contributed by atoms with Crippen molar-refractivity contribution in [1.29, 1.82) is 0 Å². The Morgan fingerprint density at radius 3 is 2.12 bits per heavy atom. The van der Waals surface area contributed by atoms with Crippen molar-refractivity contribution in [3.05, 3.63) is 59.9 Å². The van der Waals surface area contributed by atoms with Crippen molar-refractivity contribution in [3.8, 4) is 11.5 Å². The molecule has 1 N–H and O–H groups in total. The van der Waals surface area contributed by atoms with Crippen molar-refractivity contribution >= 4 is 52.0 Å². The van der Waals surface area contributed by atoms with Crippen LogP contribution in [0.2, 0.25) is 34.8 Å². The van der Waals surface area contributed by atoms with Crippen LogP contribution >= 0.6 is 0 Å². The lowest BCUT2D eigenvalue weighted by atomic mass is 9.91. The fourth-order valence-electron chi connectivity index (χ4n) is 9.72. The number of hydrogen-bond acceptors (Lipinski definition) is 11. The molecule has 2 fully saturated rings. The van der Waals surface area contributed by atoms with Crippen LogP contribution in [-0.4, -0.2) is 94.8 Å². The molecule has 370 valence electrons. The van der Waals surface area contributed by atoms with Gasteiger partial charge in [-0.15, -0.1) is 0 Å². The van der Waals surface area contributed by atoms with E-state index in [2.05, 4.69) is 92.3 Å². The van der Waals surface area contributed by atoms with E-state index in [0.717, 1.165) is 12.8 Å². The molecule has 1 aromatic heterocycles. The lowest BCUT2D eigenvalue weighted by Crippen LogP contribution is -2.58. The van der Waals surface area contributed by atoms with Gasteiger partial charge in [0, 0.05) is 25.2 Å². The number of anilines is 1. The van der Waals surface area contributed by atoms with Crippen molar-refractivity contribution in [1.82, 2.24) is 15.2 Å². The summed E-state index contributed by atoms with van der Waals surface area (Å²) < 4.78 is 31.9. The molecule has 1 aromatic carbocycles. The summed E-state index contributed by atoms with van der Waals surface area (Å²) in [5.41, 5.74) is 2.43. The van der Waals surface area contributed by atoms with Gasteiger partial charge in [-0.3, -0.25) is 24.2 Å². The van der Waals surface area contributed by atoms with E-state index in [1.54, 1.807) is 49.4 Å². The third-order valence-electron chi connectivity index (χ3n) is 14.9. The molecule has 5 rings (SSSR count). The van der Waals surface area contributed by atoms with Crippen LogP contribution in [0.1, 0.15) is 130 Å². The van der Waals surface area contributed by atoms with E-state index in [-0.39, 0.29) is 70.7 Å². The number of ether oxygens (including phenoxy) is 3. The predicted molar refractivity (Wildman–Crippen MR) is 265 cm³/mol. The number of nitrogens with zero attached hydrogens (tertiary/aromatic N) is 3. The second-order valence-electron chi connectivity index (χ2n) is 21.9. The predicted octanol–water partition coefficient (Wildman–Crippen LogP) is 10.2. The quantitative estimate of drug-likeness (QED) is 0.0763. The maximum Gasteiger partial charge on any atom is 0.416 e. The normalized spacial score (nSPS) is 18.9. The van der Waals surface area contributed by atoms with Crippen molar-refractivity contribution in [2.75, 3.05) is 25.2 Å². The summed E-state index contributed by atoms with van der Waals surface area (Å²) in [6.45, 7) is 33.3. The fourth-order valence-corrected chi connectivity index (χ4v) is 16.2. The van der Waals surface area contributed by atoms with Crippen LogP contribution in [0.3, 0.4) is 0 Å². The number of benzene rings is 1. The molecule has 1 spiro atoms. The first-order valence-corrected chi connectivity index (χ1v) is 29.2. The molecule has 2 aromatic rings. The Morgan fingerprint density at radius 1 is 0.955 bits per heavy atom. The molecule has 3 amide bonds. The van der Waals surface area contributed by atoms with Crippen LogP contribution in [0.15, 0.2) is 43.1 Å². The molecule has 1 unspecified atom stereocenters. The minimum atomic E-state index is -2.61. The van der Waals surface area contributed by atoms with Crippen LogP contribution in [0.25, 0.3) is 0 Å². The number of ketones is 1. The van der Waals surface area contributed by atoms with Crippen molar-refractivity contribution < 1.29 is 47.0 Å². The number of pyridine rings is 1. The van der Waals surface area contributed by atoms with Gasteiger partial charge in [-0.1, -0.05) is 94.9 Å². The highest BCUT2D eigenvalue weighted by atomic mass is 28.4. The highest BCUT2D eigenvalue weighted by molar-refractivity contribution is 6.78. The topological polar surface area (TPSA) is 163 Å². The van der Waals surface area contributed by atoms with Crippen molar-refractivity contribution in [2.24, 2.45) is 17.3 Å². The molecule has 0 bridgehead atoms. The first-order valence-electron chi connectivity index (χ1n) is 24.1. The summed E-state index contributed by atoms with van der Waals surface area (Å²) in [5, 5.41) is 2.55. The number of rotatable bonds is 20. The SMILES string of the molecule is C=CCOC(=O)C[C@H](C(=O)N[C@@H](C)C(=O)Cc1ccc(COC(=O)N2c3cc(O[Si](C(C)C)(C(C)C)C(C)C)c(OC)cc3C(=O)N3CC4(CC4)C[C@H]3C2O[Si](C)(C)C(C)(C)C)nc1)C(C)C. The summed E-state index contributed by atoms with van der Waals surface area (Å²) in [7, 11) is -3.59. The molecular weight excluding hydrogens is 885 g/mol. The van der Waals surface area contributed by atoms with Gasteiger partial charge >= 0.3 is 12.1 Å². The molecule has 14 nitrogen and oxygen atoms in total. The van der Waals surface area contributed by atoms with Gasteiger partial charge in [-0.2, -0.15) is 0 Å². The van der Waals surface area contributed by atoms with E-state index in [9.17, 15) is 19.2 Å². The molecule has 0 radical (unpaired) electrons. The second kappa shape index (κ2) is 21.0. The average molecular weight is 963 g/mol. The minimum absolute atomic E-state index is 0.00485. The smallest absolute Gasteiger partial charge is 0.416 e. The number of amides is 3. The van der Waals surface area contributed by atoms with Gasteiger partial charge in [0.2, 0.25) is 5.91 Å². The average Bonchev–Trinajstić information content (AvgIpc) is 3.91. The molecule has 1 saturated carbocycles. The Balaban J connectivity index is 1.45. The van der Waals surface area contributed by atoms with Gasteiger partial charge in [0.15, 0.2) is 26.1 Å². The van der Waals surface area contributed by atoms with E-state index in [1.165, 1.54) is 6.08 Å². The maximum atomic E-state index is 15.1. The van der Waals surface area contributed by atoms with E-state index >= 15 is 4.79 Å². The number of nitrogens with one attached hydrogen (secondary N) is 1. The molecule has 2 aliphatic heterocycles. The van der Waals surface area contributed by atoms with E-state index in [4.69, 9.17) is 23.1 Å². The molecule has 4 atom stereocenters. The molecule has 67 heavy (non-hydrogen) atoms. The summed E-state index contributed by atoms with van der Waals surface area (Å²) >= 11 is 0. The minimum Gasteiger partial charge on any atom is -0.540 e. The number of aromatic nitrogens is 1. The zero-order valence-electron chi connectivity index (χ0n) is 42.9. The number of fused-ring (bicyclic) bond motifs is 2. The van der Waals surface area contributed by atoms with Gasteiger partial charge in [-0.25, -0.2) is 9.69 Å². The Hall–Kier alpha value is -4.55. The third-order valence-corrected chi connectivity index (χ3v) is 25.3. The Morgan fingerprint density at radius 2 is 1.60 bits per heavy atom. The first kappa shape index (κ1) is 53.4. The zero-order chi connectivity index (χ0) is 50.0. The van der Waals surface area contributed by atoms with Crippen LogP contribution in [-0.2, 0) is 41.3 Å². The van der Waals surface area contributed by atoms with Crippen LogP contribution in [0.5, 0.6) is 11.5 Å². The number of hydrogen-bond donors (Lipinski definition) is 1. The number of methoxy groups -OCH3 is 1. The van der Waals surface area contributed by atoms with E-state index in [1.807, 2.05) is 18.7 Å². The number of carbonyl (C=O) groups is 5. The van der Waals surface area contributed by atoms with E-state index in [0.29, 0.717) is 47.0 Å². The van der Waals surface area contributed by atoms with Crippen molar-refractivity contribution in [3.63, 3.8) is 0 Å². The fraction of sp³-hybridized carbons (Fsp3) is 0.647. The van der Waals surface area contributed by atoms with Gasteiger partial charge in [0.25, 0.3) is 14.2 Å². The zero-order valence-corrected chi connectivity index (χ0v) is 44.9. The summed E-state index contributed by atoms with van der Waals surface area (Å²) in [6, 6.07) is 5.73. The molecule has 1 aliphatic carbocycles.